The molecule has 3 heterocycles. The van der Waals surface area contributed by atoms with E-state index in [4.69, 9.17) is 0 Å². The average molecular weight is 330 g/mol. The summed E-state index contributed by atoms with van der Waals surface area (Å²) in [5.74, 6) is -0.126. The molecule has 1 unspecified atom stereocenters. The van der Waals surface area contributed by atoms with Gasteiger partial charge in [-0.25, -0.2) is 4.98 Å². The van der Waals surface area contributed by atoms with E-state index in [-0.39, 0.29) is 17.9 Å². The topological polar surface area (TPSA) is 68.0 Å². The Morgan fingerprint density at radius 3 is 2.79 bits per heavy atom. The second-order valence-electron chi connectivity index (χ2n) is 6.97. The largest absolute Gasteiger partial charge is 0.353 e. The summed E-state index contributed by atoms with van der Waals surface area (Å²) in [4.78, 5) is 19.5. The Morgan fingerprint density at radius 1 is 1.42 bits per heavy atom. The maximum Gasteiger partial charge on any atom is 0.230 e. The van der Waals surface area contributed by atoms with Crippen molar-refractivity contribution in [2.45, 2.75) is 45.8 Å². The van der Waals surface area contributed by atoms with Crippen molar-refractivity contribution in [2.75, 3.05) is 6.54 Å². The van der Waals surface area contributed by atoms with Crippen molar-refractivity contribution in [2.24, 2.45) is 14.1 Å². The third kappa shape index (κ3) is 3.21. The number of imidazole rings is 1. The average Bonchev–Trinajstić information content (AvgIpc) is 3.00. The fraction of sp³-hybridized carbons (Fsp3) is 0.588. The summed E-state index contributed by atoms with van der Waals surface area (Å²) in [6, 6.07) is 2.22. The predicted molar refractivity (Wildman–Crippen MR) is 91.3 cm³/mol. The van der Waals surface area contributed by atoms with E-state index in [2.05, 4.69) is 26.4 Å². The van der Waals surface area contributed by atoms with Gasteiger partial charge in [-0.2, -0.15) is 5.10 Å². The van der Waals surface area contributed by atoms with Gasteiger partial charge in [-0.05, 0) is 26.8 Å². The third-order valence-corrected chi connectivity index (χ3v) is 4.44. The molecule has 24 heavy (non-hydrogen) atoms. The molecule has 0 fully saturated rings. The van der Waals surface area contributed by atoms with Crippen LogP contribution in [-0.4, -0.2) is 42.7 Å². The van der Waals surface area contributed by atoms with Crippen LogP contribution >= 0.6 is 0 Å². The van der Waals surface area contributed by atoms with Crippen molar-refractivity contribution >= 4 is 5.91 Å². The number of hydrogen-bond acceptors (Lipinski definition) is 4. The van der Waals surface area contributed by atoms with Crippen LogP contribution < -0.4 is 5.32 Å². The van der Waals surface area contributed by atoms with Crippen molar-refractivity contribution in [3.63, 3.8) is 0 Å². The second kappa shape index (κ2) is 6.39. The van der Waals surface area contributed by atoms with Gasteiger partial charge >= 0.3 is 0 Å². The summed E-state index contributed by atoms with van der Waals surface area (Å²) >= 11 is 0. The molecule has 0 aromatic carbocycles. The number of nitrogens with zero attached hydrogens (tertiary/aromatic N) is 5. The second-order valence-corrected chi connectivity index (χ2v) is 6.97. The smallest absolute Gasteiger partial charge is 0.230 e. The molecule has 2 aromatic rings. The molecule has 0 saturated heterocycles. The molecule has 1 aliphatic heterocycles. The zero-order valence-corrected chi connectivity index (χ0v) is 15.1. The van der Waals surface area contributed by atoms with E-state index in [1.807, 2.05) is 44.1 Å². The van der Waals surface area contributed by atoms with Crippen LogP contribution in [0.25, 0.3) is 0 Å². The van der Waals surface area contributed by atoms with Crippen LogP contribution in [0.4, 0.5) is 0 Å². The van der Waals surface area contributed by atoms with Gasteiger partial charge in [-0.1, -0.05) is 0 Å². The van der Waals surface area contributed by atoms with Gasteiger partial charge in [0, 0.05) is 39.8 Å². The molecule has 3 rings (SSSR count). The molecule has 1 amide bonds. The summed E-state index contributed by atoms with van der Waals surface area (Å²) < 4.78 is 3.89. The van der Waals surface area contributed by atoms with Crippen molar-refractivity contribution in [3.05, 3.63) is 35.2 Å². The van der Waals surface area contributed by atoms with E-state index < -0.39 is 0 Å². The number of carbonyl (C=O) groups excluding carboxylic acids is 1. The van der Waals surface area contributed by atoms with Crippen molar-refractivity contribution < 1.29 is 4.79 Å². The van der Waals surface area contributed by atoms with Gasteiger partial charge in [0.1, 0.15) is 0 Å². The zero-order chi connectivity index (χ0) is 17.4. The van der Waals surface area contributed by atoms with E-state index >= 15 is 0 Å². The molecule has 0 saturated carbocycles. The van der Waals surface area contributed by atoms with Crippen molar-refractivity contribution in [3.8, 4) is 0 Å². The highest BCUT2D eigenvalue weighted by atomic mass is 16.2. The summed E-state index contributed by atoms with van der Waals surface area (Å²) in [5.41, 5.74) is 4.18. The third-order valence-electron chi connectivity index (χ3n) is 4.44. The molecule has 7 nitrogen and oxygen atoms in total. The molecular formula is C17H26N6O. The van der Waals surface area contributed by atoms with Crippen LogP contribution in [0, 0.1) is 6.92 Å². The first-order valence-electron chi connectivity index (χ1n) is 8.37. The van der Waals surface area contributed by atoms with Crippen LogP contribution in [0.2, 0.25) is 0 Å². The lowest BCUT2D eigenvalue weighted by molar-refractivity contribution is -0.124. The quantitative estimate of drug-likeness (QED) is 0.911. The van der Waals surface area contributed by atoms with Crippen LogP contribution in [0.1, 0.15) is 42.5 Å². The number of fused-ring (bicyclic) bond motifs is 1. The monoisotopic (exact) mass is 330 g/mol. The summed E-state index contributed by atoms with van der Waals surface area (Å²) in [6.07, 6.45) is 1.80. The van der Waals surface area contributed by atoms with E-state index in [9.17, 15) is 4.79 Å². The number of amides is 1. The van der Waals surface area contributed by atoms with E-state index in [0.29, 0.717) is 6.54 Å². The molecule has 7 heteroatoms. The highest BCUT2D eigenvalue weighted by Crippen LogP contribution is 2.28. The number of aryl methyl sites for hydroxylation is 3. The predicted octanol–water partition coefficient (Wildman–Crippen LogP) is 1.09. The number of hydrogen-bond donors (Lipinski definition) is 1. The molecule has 130 valence electrons. The van der Waals surface area contributed by atoms with Gasteiger partial charge in [0.25, 0.3) is 0 Å². The van der Waals surface area contributed by atoms with Crippen LogP contribution in [0.3, 0.4) is 0 Å². The van der Waals surface area contributed by atoms with Gasteiger partial charge in [0.15, 0.2) is 0 Å². The summed E-state index contributed by atoms with van der Waals surface area (Å²) in [5, 5.41) is 7.46. The highest BCUT2D eigenvalue weighted by Gasteiger charge is 2.34. The minimum atomic E-state index is -0.196. The Hall–Kier alpha value is -2.15. The minimum absolute atomic E-state index is 0.0701. The lowest BCUT2D eigenvalue weighted by Gasteiger charge is -2.32. The van der Waals surface area contributed by atoms with Gasteiger partial charge in [-0.3, -0.25) is 14.4 Å². The van der Waals surface area contributed by atoms with Crippen LogP contribution in [0.5, 0.6) is 0 Å². The lowest BCUT2D eigenvalue weighted by Crippen LogP contribution is -2.43. The minimum Gasteiger partial charge on any atom is -0.353 e. The Labute approximate surface area is 142 Å². The number of carbonyl (C=O) groups is 1. The van der Waals surface area contributed by atoms with E-state index in [0.717, 1.165) is 35.9 Å². The van der Waals surface area contributed by atoms with E-state index in [1.165, 1.54) is 0 Å². The maximum absolute atomic E-state index is 12.7. The molecule has 0 bridgehead atoms. The van der Waals surface area contributed by atoms with Gasteiger partial charge in [0.05, 0.1) is 35.0 Å². The molecular weight excluding hydrogens is 304 g/mol. The molecule has 2 aromatic heterocycles. The standard InChI is InChI=1S/C17H26N6O/c1-11(2)19-17(24)14-8-23(7-13-6-12(3)20-22(13)5)9-15-16(14)21(4)10-18-15/h6,10-11,14H,7-9H2,1-5H3,(H,19,24). The molecule has 1 atom stereocenters. The van der Waals surface area contributed by atoms with Crippen molar-refractivity contribution in [1.29, 1.82) is 0 Å². The first kappa shape index (κ1) is 16.7. The Morgan fingerprint density at radius 2 is 2.17 bits per heavy atom. The molecule has 1 aliphatic rings. The zero-order valence-electron chi connectivity index (χ0n) is 15.1. The van der Waals surface area contributed by atoms with Gasteiger partial charge in [-0.15, -0.1) is 0 Å². The maximum atomic E-state index is 12.7. The number of aromatic nitrogens is 4. The Bertz CT molecular complexity index is 744. The molecule has 1 N–H and O–H groups in total. The highest BCUT2D eigenvalue weighted by molar-refractivity contribution is 5.84. The first-order valence-corrected chi connectivity index (χ1v) is 8.37. The van der Waals surface area contributed by atoms with E-state index in [1.54, 1.807) is 6.33 Å². The SMILES string of the molecule is Cc1cc(CN2Cc3ncn(C)c3C(C(=O)NC(C)C)C2)n(C)n1. The molecule has 0 radical (unpaired) electrons. The number of nitrogens with one attached hydrogen (secondary N) is 1. The first-order chi connectivity index (χ1) is 11.3. The van der Waals surface area contributed by atoms with Gasteiger partial charge in [0.2, 0.25) is 5.91 Å². The van der Waals surface area contributed by atoms with Crippen molar-refractivity contribution in [1.82, 2.24) is 29.5 Å². The lowest BCUT2D eigenvalue weighted by atomic mass is 9.96. The van der Waals surface area contributed by atoms with Crippen LogP contribution in [-0.2, 0) is 32.0 Å². The fourth-order valence-electron chi connectivity index (χ4n) is 3.43. The fourth-order valence-corrected chi connectivity index (χ4v) is 3.43. The summed E-state index contributed by atoms with van der Waals surface area (Å²) in [7, 11) is 3.92. The number of rotatable bonds is 4. The Balaban J connectivity index is 1.85. The van der Waals surface area contributed by atoms with Crippen LogP contribution in [0.15, 0.2) is 12.4 Å². The van der Waals surface area contributed by atoms with Gasteiger partial charge < -0.3 is 9.88 Å². The molecule has 0 aliphatic carbocycles. The molecule has 0 spiro atoms. The normalized spacial score (nSPS) is 18.0. The Kier molecular flexibility index (Phi) is 4.45. The summed E-state index contributed by atoms with van der Waals surface area (Å²) in [6.45, 7) is 8.18.